The van der Waals surface area contributed by atoms with Gasteiger partial charge < -0.3 is 10.4 Å². The topological polar surface area (TPSA) is 122 Å². The van der Waals surface area contributed by atoms with E-state index in [2.05, 4.69) is 26.0 Å². The fourth-order valence-electron chi connectivity index (χ4n) is 1.02. The van der Waals surface area contributed by atoms with Crippen molar-refractivity contribution >= 4 is 17.9 Å². The van der Waals surface area contributed by atoms with Crippen LogP contribution >= 0.6 is 0 Å². The summed E-state index contributed by atoms with van der Waals surface area (Å²) in [7, 11) is 1.56. The molecule has 0 aliphatic heterocycles. The van der Waals surface area contributed by atoms with Crippen LogP contribution in [-0.2, 0) is 11.8 Å². The second kappa shape index (κ2) is 5.23. The van der Waals surface area contributed by atoms with Crippen LogP contribution in [-0.4, -0.2) is 43.4 Å². The average molecular weight is 242 g/mol. The average Bonchev–Trinajstić information content (AvgIpc) is 2.62. The first-order valence-electron chi connectivity index (χ1n) is 4.94. The lowest BCUT2D eigenvalue weighted by Gasteiger charge is -2.17. The van der Waals surface area contributed by atoms with Crippen LogP contribution in [0, 0.1) is 5.92 Å². The summed E-state index contributed by atoms with van der Waals surface area (Å²) in [4.78, 5) is 23.3. The Balaban J connectivity index is 2.47. The molecule has 9 nitrogen and oxygen atoms in total. The zero-order chi connectivity index (χ0) is 13.0. The lowest BCUT2D eigenvalue weighted by atomic mass is 10.0. The van der Waals surface area contributed by atoms with Gasteiger partial charge in [-0.1, -0.05) is 5.10 Å². The number of hydrogen-bond donors (Lipinski definition) is 3. The second-order valence-electron chi connectivity index (χ2n) is 3.62. The van der Waals surface area contributed by atoms with Crippen LogP contribution < -0.4 is 10.6 Å². The zero-order valence-electron chi connectivity index (χ0n) is 9.71. The molecule has 0 saturated heterocycles. The number of aromatic nitrogens is 4. The number of hydrogen-bond acceptors (Lipinski definition) is 5. The van der Waals surface area contributed by atoms with Gasteiger partial charge in [0.15, 0.2) is 0 Å². The van der Waals surface area contributed by atoms with E-state index in [-0.39, 0.29) is 5.95 Å². The molecule has 0 fully saturated rings. The van der Waals surface area contributed by atoms with Crippen molar-refractivity contribution in [2.45, 2.75) is 19.9 Å². The quantitative estimate of drug-likeness (QED) is 0.650. The van der Waals surface area contributed by atoms with E-state index >= 15 is 0 Å². The number of rotatable bonds is 4. The predicted octanol–water partition coefficient (Wildman–Crippen LogP) is -0.559. The maximum absolute atomic E-state index is 11.4. The molecule has 17 heavy (non-hydrogen) atoms. The molecule has 0 aliphatic carbocycles. The molecular formula is C8H14N6O3. The predicted molar refractivity (Wildman–Crippen MR) is 57.2 cm³/mol. The van der Waals surface area contributed by atoms with Crippen LogP contribution in [0.3, 0.4) is 0 Å². The van der Waals surface area contributed by atoms with Gasteiger partial charge in [-0.15, -0.1) is 5.10 Å². The minimum atomic E-state index is -0.976. The normalized spacial score (nSPS) is 13.8. The van der Waals surface area contributed by atoms with Crippen LogP contribution in [0.25, 0.3) is 0 Å². The fourth-order valence-corrected chi connectivity index (χ4v) is 1.02. The summed E-state index contributed by atoms with van der Waals surface area (Å²) >= 11 is 0. The highest BCUT2D eigenvalue weighted by Crippen LogP contribution is 2.02. The lowest BCUT2D eigenvalue weighted by Crippen LogP contribution is -2.42. The molecule has 1 aromatic heterocycles. The van der Waals surface area contributed by atoms with Crippen molar-refractivity contribution in [1.82, 2.24) is 25.5 Å². The molecule has 3 N–H and O–H groups in total. The minimum Gasteiger partial charge on any atom is -0.481 e. The van der Waals surface area contributed by atoms with Crippen molar-refractivity contribution in [3.63, 3.8) is 0 Å². The number of nitrogens with one attached hydrogen (secondary N) is 2. The Morgan fingerprint density at radius 1 is 1.41 bits per heavy atom. The van der Waals surface area contributed by atoms with E-state index < -0.39 is 24.0 Å². The molecule has 0 spiro atoms. The standard InChI is InChI=1S/C8H14N6O3/c1-4(6(15)16)5(2)9-8(17)10-7-11-13-14(3)12-7/h4-5H,1-3H3,(H,15,16)(H2,9,10,12,17). The SMILES string of the molecule is CC(NC(=O)Nc1nnn(C)n1)C(C)C(=O)O. The molecule has 0 radical (unpaired) electrons. The number of nitrogens with zero attached hydrogens (tertiary/aromatic N) is 4. The van der Waals surface area contributed by atoms with Crippen molar-refractivity contribution in [3.05, 3.63) is 0 Å². The highest BCUT2D eigenvalue weighted by Gasteiger charge is 2.21. The lowest BCUT2D eigenvalue weighted by molar-refractivity contribution is -0.141. The van der Waals surface area contributed by atoms with Gasteiger partial charge in [-0.2, -0.15) is 4.80 Å². The van der Waals surface area contributed by atoms with Gasteiger partial charge in [-0.3, -0.25) is 10.1 Å². The molecule has 94 valence electrons. The first-order valence-corrected chi connectivity index (χ1v) is 4.94. The van der Waals surface area contributed by atoms with Gasteiger partial charge in [0, 0.05) is 6.04 Å². The summed E-state index contributed by atoms with van der Waals surface area (Å²) < 4.78 is 0. The van der Waals surface area contributed by atoms with Gasteiger partial charge in [-0.25, -0.2) is 4.79 Å². The van der Waals surface area contributed by atoms with Crippen molar-refractivity contribution in [3.8, 4) is 0 Å². The van der Waals surface area contributed by atoms with Crippen molar-refractivity contribution in [1.29, 1.82) is 0 Å². The van der Waals surface area contributed by atoms with Crippen LogP contribution in [0.2, 0.25) is 0 Å². The van der Waals surface area contributed by atoms with Gasteiger partial charge in [0.1, 0.15) is 0 Å². The molecule has 2 unspecified atom stereocenters. The van der Waals surface area contributed by atoms with Gasteiger partial charge in [0.2, 0.25) is 0 Å². The molecule has 1 rings (SSSR count). The number of carboxylic acid groups (broad SMARTS) is 1. The van der Waals surface area contributed by atoms with Crippen LogP contribution in [0.15, 0.2) is 0 Å². The molecule has 1 aromatic rings. The van der Waals surface area contributed by atoms with E-state index in [1.165, 1.54) is 11.7 Å². The largest absolute Gasteiger partial charge is 0.481 e. The maximum Gasteiger partial charge on any atom is 0.321 e. The summed E-state index contributed by atoms with van der Waals surface area (Å²) in [5, 5.41) is 24.4. The summed E-state index contributed by atoms with van der Waals surface area (Å²) in [5.74, 6) is -1.61. The van der Waals surface area contributed by atoms with Crippen molar-refractivity contribution in [2.24, 2.45) is 13.0 Å². The zero-order valence-corrected chi connectivity index (χ0v) is 9.71. The molecule has 1 heterocycles. The van der Waals surface area contributed by atoms with Crippen LogP contribution in [0.5, 0.6) is 0 Å². The third-order valence-corrected chi connectivity index (χ3v) is 2.23. The van der Waals surface area contributed by atoms with Gasteiger partial charge in [0.05, 0.1) is 13.0 Å². The Labute approximate surface area is 97.2 Å². The van der Waals surface area contributed by atoms with E-state index in [1.54, 1.807) is 14.0 Å². The van der Waals surface area contributed by atoms with E-state index in [0.717, 1.165) is 0 Å². The number of carbonyl (C=O) groups excluding carboxylic acids is 1. The number of anilines is 1. The third-order valence-electron chi connectivity index (χ3n) is 2.23. The Morgan fingerprint density at radius 3 is 2.53 bits per heavy atom. The fraction of sp³-hybridized carbons (Fsp3) is 0.625. The summed E-state index contributed by atoms with van der Waals surface area (Å²) in [5.41, 5.74) is 0. The van der Waals surface area contributed by atoms with E-state index in [0.29, 0.717) is 0 Å². The van der Waals surface area contributed by atoms with E-state index in [1.807, 2.05) is 0 Å². The number of amides is 2. The number of tetrazole rings is 1. The Morgan fingerprint density at radius 2 is 2.06 bits per heavy atom. The molecule has 9 heteroatoms. The molecule has 0 saturated carbocycles. The molecular weight excluding hydrogens is 228 g/mol. The van der Waals surface area contributed by atoms with Gasteiger partial charge in [-0.05, 0) is 19.1 Å². The van der Waals surface area contributed by atoms with Gasteiger partial charge >= 0.3 is 12.0 Å². The molecule has 0 aromatic carbocycles. The number of aryl methyl sites for hydroxylation is 1. The van der Waals surface area contributed by atoms with Crippen molar-refractivity contribution < 1.29 is 14.7 Å². The monoisotopic (exact) mass is 242 g/mol. The highest BCUT2D eigenvalue weighted by atomic mass is 16.4. The highest BCUT2D eigenvalue weighted by molar-refractivity contribution is 5.87. The number of aliphatic carboxylic acids is 1. The molecule has 0 bridgehead atoms. The molecule has 2 amide bonds. The third kappa shape index (κ3) is 3.70. The van der Waals surface area contributed by atoms with E-state index in [9.17, 15) is 9.59 Å². The Bertz CT molecular complexity index is 417. The first-order chi connectivity index (χ1) is 7.90. The Kier molecular flexibility index (Phi) is 3.96. The van der Waals surface area contributed by atoms with Crippen molar-refractivity contribution in [2.75, 3.05) is 5.32 Å². The smallest absolute Gasteiger partial charge is 0.321 e. The molecule has 2 atom stereocenters. The molecule has 0 aliphatic rings. The first kappa shape index (κ1) is 12.9. The second-order valence-corrected chi connectivity index (χ2v) is 3.62. The number of carboxylic acids is 1. The Hall–Kier alpha value is -2.19. The summed E-state index contributed by atoms with van der Waals surface area (Å²) in [6.07, 6.45) is 0. The maximum atomic E-state index is 11.4. The summed E-state index contributed by atoms with van der Waals surface area (Å²) in [6, 6.07) is -1.08. The van der Waals surface area contributed by atoms with Crippen LogP contribution in [0.1, 0.15) is 13.8 Å². The number of urea groups is 1. The van der Waals surface area contributed by atoms with E-state index in [4.69, 9.17) is 5.11 Å². The number of carbonyl (C=O) groups is 2. The van der Waals surface area contributed by atoms with Crippen LogP contribution in [0.4, 0.5) is 10.7 Å². The summed E-state index contributed by atoms with van der Waals surface area (Å²) in [6.45, 7) is 3.11. The minimum absolute atomic E-state index is 0.0557. The van der Waals surface area contributed by atoms with Gasteiger partial charge in [0.25, 0.3) is 5.95 Å².